The minimum Gasteiger partial charge on any atom is -0.493 e. The molecule has 0 aliphatic carbocycles. The molecule has 0 saturated heterocycles. The van der Waals surface area contributed by atoms with Crippen LogP contribution in [0.25, 0.3) is 0 Å². The summed E-state index contributed by atoms with van der Waals surface area (Å²) in [5, 5.41) is 13.2. The lowest BCUT2D eigenvalue weighted by Crippen LogP contribution is -2.31. The van der Waals surface area contributed by atoms with Crippen LogP contribution >= 0.6 is 11.6 Å². The lowest BCUT2D eigenvalue weighted by atomic mass is 10.2. The molecule has 1 amide bonds. The maximum atomic E-state index is 12.1. The molecule has 128 valence electrons. The number of ether oxygens (including phenoxy) is 3. The molecule has 1 heterocycles. The summed E-state index contributed by atoms with van der Waals surface area (Å²) in [4.78, 5) is 34.0. The molecule has 1 atom stereocenters. The van der Waals surface area contributed by atoms with E-state index in [0.29, 0.717) is 6.61 Å². The molecule has 1 N–H and O–H groups in total. The summed E-state index contributed by atoms with van der Waals surface area (Å²) in [6.07, 6.45) is -0.0762. The smallest absolute Gasteiger partial charge is 0.377 e. The number of esters is 1. The Balaban J connectivity index is 2.01. The van der Waals surface area contributed by atoms with Crippen LogP contribution in [0.3, 0.4) is 0 Å². The maximum absolute atomic E-state index is 12.1. The second kappa shape index (κ2) is 7.64. The van der Waals surface area contributed by atoms with Gasteiger partial charge in [-0.15, -0.1) is 0 Å². The number of benzene rings is 1. The van der Waals surface area contributed by atoms with E-state index in [-0.39, 0.29) is 28.8 Å². The molecule has 0 unspecified atom stereocenters. The average Bonchev–Trinajstić information content (AvgIpc) is 2.57. The van der Waals surface area contributed by atoms with Crippen LogP contribution in [0.4, 0.5) is 11.4 Å². The lowest BCUT2D eigenvalue weighted by Gasteiger charge is -2.17. The van der Waals surface area contributed by atoms with Gasteiger partial charge in [0.2, 0.25) is 5.76 Å². The van der Waals surface area contributed by atoms with Crippen molar-refractivity contribution in [3.63, 3.8) is 0 Å². The Hall–Kier alpha value is -2.81. The highest BCUT2D eigenvalue weighted by atomic mass is 35.5. The minimum absolute atomic E-state index is 0.0373. The number of nitrogens with zero attached hydrogens (tertiary/aromatic N) is 1. The predicted molar refractivity (Wildman–Crippen MR) is 82.3 cm³/mol. The Morgan fingerprint density at radius 3 is 2.79 bits per heavy atom. The minimum atomic E-state index is -1.18. The van der Waals surface area contributed by atoms with Gasteiger partial charge >= 0.3 is 5.97 Å². The van der Waals surface area contributed by atoms with Gasteiger partial charge in [-0.25, -0.2) is 4.79 Å². The van der Waals surface area contributed by atoms with Gasteiger partial charge in [0.15, 0.2) is 6.10 Å². The fourth-order valence-electron chi connectivity index (χ4n) is 1.70. The van der Waals surface area contributed by atoms with Crippen molar-refractivity contribution >= 4 is 34.9 Å². The van der Waals surface area contributed by atoms with Gasteiger partial charge in [0.1, 0.15) is 19.5 Å². The summed E-state index contributed by atoms with van der Waals surface area (Å²) in [5.74, 6) is -1.71. The molecule has 0 bridgehead atoms. The van der Waals surface area contributed by atoms with E-state index in [1.165, 1.54) is 19.1 Å². The molecule has 1 aromatic rings. The van der Waals surface area contributed by atoms with Crippen molar-refractivity contribution in [1.82, 2.24) is 0 Å². The first-order valence-electron chi connectivity index (χ1n) is 6.79. The first kappa shape index (κ1) is 17.5. The van der Waals surface area contributed by atoms with Crippen molar-refractivity contribution in [3.8, 4) is 0 Å². The molecule has 0 aromatic heterocycles. The maximum Gasteiger partial charge on any atom is 0.377 e. The Kier molecular flexibility index (Phi) is 5.59. The molecule has 0 fully saturated rings. The standard InChI is InChI=1S/C14H13ClN2O7/c1-8(24-14(19)12-7-22-4-5-23-12)13(18)16-11-6-9(17(20)21)2-3-10(11)15/h2-3,6-8H,4-5H2,1H3,(H,16,18)/t8-/m0/s1. The van der Waals surface area contributed by atoms with Gasteiger partial charge in [-0.05, 0) is 13.0 Å². The van der Waals surface area contributed by atoms with Crippen molar-refractivity contribution < 1.29 is 28.7 Å². The van der Waals surface area contributed by atoms with Crippen molar-refractivity contribution in [3.05, 3.63) is 45.4 Å². The molecule has 10 heteroatoms. The fourth-order valence-corrected chi connectivity index (χ4v) is 1.87. The zero-order valence-corrected chi connectivity index (χ0v) is 13.2. The molecule has 9 nitrogen and oxygen atoms in total. The molecule has 0 radical (unpaired) electrons. The summed E-state index contributed by atoms with van der Waals surface area (Å²) in [5.41, 5.74) is -0.201. The molecular weight excluding hydrogens is 344 g/mol. The van der Waals surface area contributed by atoms with Crippen LogP contribution in [0.2, 0.25) is 5.02 Å². The van der Waals surface area contributed by atoms with Gasteiger partial charge in [0, 0.05) is 12.1 Å². The number of rotatable bonds is 5. The second-order valence-corrected chi connectivity index (χ2v) is 5.07. The lowest BCUT2D eigenvalue weighted by molar-refractivity contribution is -0.384. The number of nitro benzene ring substituents is 1. The van der Waals surface area contributed by atoms with Crippen LogP contribution < -0.4 is 5.32 Å². The van der Waals surface area contributed by atoms with Crippen molar-refractivity contribution in [2.45, 2.75) is 13.0 Å². The highest BCUT2D eigenvalue weighted by molar-refractivity contribution is 6.33. The van der Waals surface area contributed by atoms with Crippen LogP contribution in [0.5, 0.6) is 0 Å². The molecule has 0 saturated carbocycles. The molecule has 1 aliphatic rings. The number of carbonyl (C=O) groups is 2. The number of hydrogen-bond acceptors (Lipinski definition) is 7. The summed E-state index contributed by atoms with van der Waals surface area (Å²) in [6.45, 7) is 1.85. The number of halogens is 1. The van der Waals surface area contributed by atoms with E-state index in [2.05, 4.69) is 5.32 Å². The van der Waals surface area contributed by atoms with E-state index in [9.17, 15) is 19.7 Å². The number of nitrogens with one attached hydrogen (secondary N) is 1. The normalized spacial score (nSPS) is 14.5. The highest BCUT2D eigenvalue weighted by Gasteiger charge is 2.24. The number of carbonyl (C=O) groups excluding carboxylic acids is 2. The van der Waals surface area contributed by atoms with Crippen molar-refractivity contribution in [2.24, 2.45) is 0 Å². The Labute approximate surface area is 141 Å². The van der Waals surface area contributed by atoms with Gasteiger partial charge in [-0.2, -0.15) is 0 Å². The van der Waals surface area contributed by atoms with Gasteiger partial charge in [0.05, 0.1) is 15.6 Å². The molecule has 0 spiro atoms. The van der Waals surface area contributed by atoms with E-state index < -0.39 is 22.9 Å². The van der Waals surface area contributed by atoms with E-state index in [1.54, 1.807) is 0 Å². The zero-order chi connectivity index (χ0) is 17.7. The third-order valence-electron chi connectivity index (χ3n) is 2.92. The third kappa shape index (κ3) is 4.35. The topological polar surface area (TPSA) is 117 Å². The summed E-state index contributed by atoms with van der Waals surface area (Å²) >= 11 is 5.89. The Bertz CT molecular complexity index is 704. The number of non-ortho nitro benzene ring substituents is 1. The highest BCUT2D eigenvalue weighted by Crippen LogP contribution is 2.26. The van der Waals surface area contributed by atoms with Crippen LogP contribution in [0.15, 0.2) is 30.2 Å². The van der Waals surface area contributed by atoms with Crippen LogP contribution in [-0.2, 0) is 23.8 Å². The van der Waals surface area contributed by atoms with Gasteiger partial charge in [-0.3, -0.25) is 14.9 Å². The molecule has 1 aliphatic heterocycles. The van der Waals surface area contributed by atoms with E-state index in [1.807, 2.05) is 0 Å². The van der Waals surface area contributed by atoms with E-state index in [0.717, 1.165) is 12.3 Å². The van der Waals surface area contributed by atoms with Crippen LogP contribution in [0, 0.1) is 10.1 Å². The van der Waals surface area contributed by atoms with Crippen molar-refractivity contribution in [1.29, 1.82) is 0 Å². The Morgan fingerprint density at radius 1 is 1.42 bits per heavy atom. The quantitative estimate of drug-likeness (QED) is 0.487. The van der Waals surface area contributed by atoms with Crippen LogP contribution in [-0.4, -0.2) is 36.1 Å². The van der Waals surface area contributed by atoms with E-state index >= 15 is 0 Å². The Morgan fingerprint density at radius 2 is 2.17 bits per heavy atom. The molecular formula is C14H13ClN2O7. The predicted octanol–water partition coefficient (Wildman–Crippen LogP) is 2.01. The molecule has 2 rings (SSSR count). The first-order valence-corrected chi connectivity index (χ1v) is 7.16. The number of nitro groups is 1. The number of anilines is 1. The van der Waals surface area contributed by atoms with Gasteiger partial charge < -0.3 is 19.5 Å². The van der Waals surface area contributed by atoms with Gasteiger partial charge in [0.25, 0.3) is 11.6 Å². The number of hydrogen-bond donors (Lipinski definition) is 1. The molecule has 24 heavy (non-hydrogen) atoms. The average molecular weight is 357 g/mol. The first-order chi connectivity index (χ1) is 11.4. The largest absolute Gasteiger partial charge is 0.493 e. The fraction of sp³-hybridized carbons (Fsp3) is 0.286. The second-order valence-electron chi connectivity index (χ2n) is 4.66. The molecule has 1 aromatic carbocycles. The van der Waals surface area contributed by atoms with Crippen LogP contribution in [0.1, 0.15) is 6.92 Å². The summed E-state index contributed by atoms with van der Waals surface area (Å²) in [7, 11) is 0. The summed E-state index contributed by atoms with van der Waals surface area (Å²) in [6, 6.07) is 3.59. The zero-order valence-electron chi connectivity index (χ0n) is 12.5. The monoisotopic (exact) mass is 356 g/mol. The summed E-state index contributed by atoms with van der Waals surface area (Å²) < 4.78 is 14.9. The van der Waals surface area contributed by atoms with Gasteiger partial charge in [-0.1, -0.05) is 11.6 Å². The number of amides is 1. The SMILES string of the molecule is C[C@H](OC(=O)C1=COCCO1)C(=O)Nc1cc([N+](=O)[O-])ccc1Cl. The van der Waals surface area contributed by atoms with Crippen molar-refractivity contribution in [2.75, 3.05) is 18.5 Å². The van der Waals surface area contributed by atoms with E-state index in [4.69, 9.17) is 25.8 Å². The third-order valence-corrected chi connectivity index (χ3v) is 3.25.